The first kappa shape index (κ1) is 10.6. The Kier molecular flexibility index (Phi) is 4.33. The molecule has 0 aliphatic carbocycles. The van der Waals surface area contributed by atoms with Gasteiger partial charge < -0.3 is 5.73 Å². The van der Waals surface area contributed by atoms with Gasteiger partial charge in [-0.15, -0.1) is 12.6 Å². The van der Waals surface area contributed by atoms with Crippen LogP contribution in [0.2, 0.25) is 0 Å². The van der Waals surface area contributed by atoms with E-state index in [1.54, 1.807) is 0 Å². The summed E-state index contributed by atoms with van der Waals surface area (Å²) in [6.07, 6.45) is 3.23. The van der Waals surface area contributed by atoms with Crippen molar-refractivity contribution in [2.45, 2.75) is 31.1 Å². The second-order valence-corrected chi connectivity index (χ2v) is 3.69. The molecule has 0 radical (unpaired) electrons. The first-order chi connectivity index (χ1) is 6.29. The molecular weight excluding hydrogens is 178 g/mol. The van der Waals surface area contributed by atoms with E-state index in [-0.39, 0.29) is 0 Å². The molecule has 0 aliphatic rings. The van der Waals surface area contributed by atoms with E-state index in [0.717, 1.165) is 24.2 Å². The standard InChI is InChI=1S/C11H17NS/c1-2-4-10-9(7-8-12)5-3-6-11(10)13/h3,5-6,13H,2,4,7-8,12H2,1H3. The molecular formula is C11H17NS. The van der Waals surface area contributed by atoms with Crippen molar-refractivity contribution < 1.29 is 0 Å². The Balaban J connectivity index is 2.95. The van der Waals surface area contributed by atoms with Gasteiger partial charge in [-0.3, -0.25) is 0 Å². The van der Waals surface area contributed by atoms with Crippen LogP contribution in [0.1, 0.15) is 24.5 Å². The van der Waals surface area contributed by atoms with E-state index in [1.165, 1.54) is 11.1 Å². The quantitative estimate of drug-likeness (QED) is 0.709. The predicted molar refractivity (Wildman–Crippen MR) is 60.4 cm³/mol. The van der Waals surface area contributed by atoms with Crippen LogP contribution in [0.4, 0.5) is 0 Å². The lowest BCUT2D eigenvalue weighted by Gasteiger charge is -2.09. The molecule has 1 nitrogen and oxygen atoms in total. The van der Waals surface area contributed by atoms with Crippen molar-refractivity contribution in [2.24, 2.45) is 5.73 Å². The summed E-state index contributed by atoms with van der Waals surface area (Å²) in [7, 11) is 0. The first-order valence-electron chi connectivity index (χ1n) is 4.79. The normalized spacial score (nSPS) is 10.4. The van der Waals surface area contributed by atoms with Crippen LogP contribution in [0.3, 0.4) is 0 Å². The van der Waals surface area contributed by atoms with Crippen LogP contribution in [0.25, 0.3) is 0 Å². The molecule has 1 aromatic carbocycles. The zero-order valence-corrected chi connectivity index (χ0v) is 8.98. The van der Waals surface area contributed by atoms with Crippen molar-refractivity contribution in [3.63, 3.8) is 0 Å². The maximum Gasteiger partial charge on any atom is 0.00747 e. The van der Waals surface area contributed by atoms with Gasteiger partial charge in [0.15, 0.2) is 0 Å². The van der Waals surface area contributed by atoms with Gasteiger partial charge in [0.25, 0.3) is 0 Å². The fourth-order valence-corrected chi connectivity index (χ4v) is 1.89. The molecule has 0 atom stereocenters. The summed E-state index contributed by atoms with van der Waals surface area (Å²) >= 11 is 4.45. The summed E-state index contributed by atoms with van der Waals surface area (Å²) in [5.41, 5.74) is 8.28. The van der Waals surface area contributed by atoms with E-state index in [4.69, 9.17) is 5.73 Å². The first-order valence-corrected chi connectivity index (χ1v) is 5.24. The molecule has 1 rings (SSSR count). The Labute approximate surface area is 85.8 Å². The maximum atomic E-state index is 5.55. The van der Waals surface area contributed by atoms with E-state index < -0.39 is 0 Å². The fourth-order valence-electron chi connectivity index (χ4n) is 1.55. The summed E-state index contributed by atoms with van der Waals surface area (Å²) < 4.78 is 0. The molecule has 72 valence electrons. The predicted octanol–water partition coefficient (Wildman–Crippen LogP) is 2.43. The SMILES string of the molecule is CCCc1c(S)cccc1CCN. The Hall–Kier alpha value is -0.470. The highest BCUT2D eigenvalue weighted by Gasteiger charge is 2.03. The second-order valence-electron chi connectivity index (χ2n) is 3.20. The summed E-state index contributed by atoms with van der Waals surface area (Å²) in [5, 5.41) is 0. The smallest absolute Gasteiger partial charge is 0.00747 e. The number of benzene rings is 1. The molecule has 0 heterocycles. The third-order valence-electron chi connectivity index (χ3n) is 2.16. The molecule has 2 N–H and O–H groups in total. The minimum absolute atomic E-state index is 0.716. The largest absolute Gasteiger partial charge is 0.330 e. The second kappa shape index (κ2) is 5.30. The molecule has 0 saturated heterocycles. The van der Waals surface area contributed by atoms with Crippen molar-refractivity contribution in [3.05, 3.63) is 29.3 Å². The van der Waals surface area contributed by atoms with Crippen molar-refractivity contribution in [1.82, 2.24) is 0 Å². The lowest BCUT2D eigenvalue weighted by molar-refractivity contribution is 0.859. The number of rotatable bonds is 4. The van der Waals surface area contributed by atoms with Gasteiger partial charge in [-0.2, -0.15) is 0 Å². The number of hydrogen-bond acceptors (Lipinski definition) is 2. The number of hydrogen-bond donors (Lipinski definition) is 2. The van der Waals surface area contributed by atoms with Crippen LogP contribution in [-0.2, 0) is 12.8 Å². The Morgan fingerprint density at radius 3 is 2.69 bits per heavy atom. The molecule has 2 heteroatoms. The van der Waals surface area contributed by atoms with E-state index in [9.17, 15) is 0 Å². The van der Waals surface area contributed by atoms with Crippen LogP contribution in [0, 0.1) is 0 Å². The Morgan fingerprint density at radius 2 is 2.08 bits per heavy atom. The van der Waals surface area contributed by atoms with Gasteiger partial charge in [-0.25, -0.2) is 0 Å². The van der Waals surface area contributed by atoms with E-state index in [1.807, 2.05) is 12.1 Å². The molecule has 13 heavy (non-hydrogen) atoms. The zero-order valence-electron chi connectivity index (χ0n) is 8.09. The third-order valence-corrected chi connectivity index (χ3v) is 2.58. The molecule has 0 unspecified atom stereocenters. The topological polar surface area (TPSA) is 26.0 Å². The van der Waals surface area contributed by atoms with E-state index in [2.05, 4.69) is 25.6 Å². The average molecular weight is 195 g/mol. The van der Waals surface area contributed by atoms with Crippen LogP contribution in [0.5, 0.6) is 0 Å². The van der Waals surface area contributed by atoms with E-state index >= 15 is 0 Å². The summed E-state index contributed by atoms with van der Waals surface area (Å²) in [6.45, 7) is 2.90. The highest BCUT2D eigenvalue weighted by Crippen LogP contribution is 2.20. The summed E-state index contributed by atoms with van der Waals surface area (Å²) in [6, 6.07) is 6.25. The molecule has 0 fully saturated rings. The highest BCUT2D eigenvalue weighted by atomic mass is 32.1. The summed E-state index contributed by atoms with van der Waals surface area (Å²) in [5.74, 6) is 0. The van der Waals surface area contributed by atoms with Gasteiger partial charge in [-0.1, -0.05) is 25.5 Å². The van der Waals surface area contributed by atoms with Gasteiger partial charge in [0.05, 0.1) is 0 Å². The van der Waals surface area contributed by atoms with Gasteiger partial charge in [0.2, 0.25) is 0 Å². The third kappa shape index (κ3) is 2.75. The van der Waals surface area contributed by atoms with Crippen LogP contribution >= 0.6 is 12.6 Å². The molecule has 0 bridgehead atoms. The van der Waals surface area contributed by atoms with Gasteiger partial charge in [-0.05, 0) is 36.6 Å². The van der Waals surface area contributed by atoms with Crippen molar-refractivity contribution >= 4 is 12.6 Å². The van der Waals surface area contributed by atoms with Crippen molar-refractivity contribution in [3.8, 4) is 0 Å². The lowest BCUT2D eigenvalue weighted by Crippen LogP contribution is -2.05. The molecule has 0 amide bonds. The number of nitrogens with two attached hydrogens (primary N) is 1. The fraction of sp³-hybridized carbons (Fsp3) is 0.455. The molecule has 1 aromatic rings. The minimum Gasteiger partial charge on any atom is -0.330 e. The molecule has 0 aliphatic heterocycles. The molecule has 0 saturated carbocycles. The highest BCUT2D eigenvalue weighted by molar-refractivity contribution is 7.80. The minimum atomic E-state index is 0.716. The molecule has 0 aromatic heterocycles. The van der Waals surface area contributed by atoms with Gasteiger partial charge in [0, 0.05) is 4.90 Å². The van der Waals surface area contributed by atoms with Gasteiger partial charge >= 0.3 is 0 Å². The zero-order chi connectivity index (χ0) is 9.68. The monoisotopic (exact) mass is 195 g/mol. The maximum absolute atomic E-state index is 5.55. The molecule has 0 spiro atoms. The van der Waals surface area contributed by atoms with Crippen molar-refractivity contribution in [1.29, 1.82) is 0 Å². The lowest BCUT2D eigenvalue weighted by atomic mass is 10.0. The summed E-state index contributed by atoms with van der Waals surface area (Å²) in [4.78, 5) is 1.10. The van der Waals surface area contributed by atoms with Crippen LogP contribution < -0.4 is 5.73 Å². The van der Waals surface area contributed by atoms with Crippen molar-refractivity contribution in [2.75, 3.05) is 6.54 Å². The van der Waals surface area contributed by atoms with Crippen LogP contribution in [-0.4, -0.2) is 6.54 Å². The van der Waals surface area contributed by atoms with Crippen LogP contribution in [0.15, 0.2) is 23.1 Å². The Bertz CT molecular complexity index is 271. The van der Waals surface area contributed by atoms with E-state index in [0.29, 0.717) is 6.54 Å². The van der Waals surface area contributed by atoms with Gasteiger partial charge in [0.1, 0.15) is 0 Å². The Morgan fingerprint density at radius 1 is 1.31 bits per heavy atom. The average Bonchev–Trinajstić information content (AvgIpc) is 2.11. The number of thiol groups is 1.